The Bertz CT molecular complexity index is 1060. The second-order valence-electron chi connectivity index (χ2n) is 6.54. The summed E-state index contributed by atoms with van der Waals surface area (Å²) >= 11 is 2.78. The number of rotatable bonds is 6. The minimum Gasteiger partial charge on any atom is -0.330 e. The molecule has 3 aromatic rings. The van der Waals surface area contributed by atoms with E-state index in [-0.39, 0.29) is 23.4 Å². The molecule has 1 aliphatic rings. The first-order valence-electron chi connectivity index (χ1n) is 8.78. The van der Waals surface area contributed by atoms with Gasteiger partial charge in [-0.25, -0.2) is 0 Å². The Morgan fingerprint density at radius 2 is 2.07 bits per heavy atom. The summed E-state index contributed by atoms with van der Waals surface area (Å²) in [5, 5.41) is 15.1. The van der Waals surface area contributed by atoms with Gasteiger partial charge in [-0.15, -0.1) is 10.2 Å². The van der Waals surface area contributed by atoms with Crippen LogP contribution in [0.15, 0.2) is 46.8 Å². The van der Waals surface area contributed by atoms with Crippen LogP contribution < -0.4 is 10.6 Å². The SMILES string of the molecule is Cc1ccccc1Nc1nnc(SCC(=O)c2ccc3c(c2)[C@H](C)C(=O)N3)s1. The van der Waals surface area contributed by atoms with Gasteiger partial charge in [-0.1, -0.05) is 41.3 Å². The molecule has 2 N–H and O–H groups in total. The van der Waals surface area contributed by atoms with Gasteiger partial charge < -0.3 is 10.6 Å². The first kappa shape index (κ1) is 18.6. The number of carbonyl (C=O) groups excluding carboxylic acids is 2. The normalized spacial score (nSPS) is 15.2. The molecular formula is C20H18N4O2S2. The Hall–Kier alpha value is -2.71. The Balaban J connectivity index is 1.39. The molecule has 2 aromatic carbocycles. The molecule has 1 aliphatic heterocycles. The number of Topliss-reactive ketones (excluding diaryl/α,β-unsaturated/α-hetero) is 1. The maximum atomic E-state index is 12.6. The minimum absolute atomic E-state index is 0.00274. The number of aryl methyl sites for hydroxylation is 1. The number of hydrogen-bond acceptors (Lipinski definition) is 7. The highest BCUT2D eigenvalue weighted by molar-refractivity contribution is 8.01. The number of thioether (sulfide) groups is 1. The van der Waals surface area contributed by atoms with Crippen LogP contribution in [-0.4, -0.2) is 27.6 Å². The summed E-state index contributed by atoms with van der Waals surface area (Å²) < 4.78 is 0.732. The van der Waals surface area contributed by atoms with Crippen molar-refractivity contribution in [2.75, 3.05) is 16.4 Å². The standard InChI is InChI=1S/C20H18N4O2S2/c1-11-5-3-4-6-15(11)22-19-23-24-20(28-19)27-10-17(25)13-7-8-16-14(9-13)12(2)18(26)21-16/h3-9,12H,10H2,1-2H3,(H,21,26)(H,22,23)/t12-/m0/s1. The van der Waals surface area contributed by atoms with Crippen molar-refractivity contribution < 1.29 is 9.59 Å². The van der Waals surface area contributed by atoms with E-state index in [9.17, 15) is 9.59 Å². The summed E-state index contributed by atoms with van der Waals surface area (Å²) in [6, 6.07) is 13.3. The maximum Gasteiger partial charge on any atom is 0.231 e. The third-order valence-electron chi connectivity index (χ3n) is 4.61. The van der Waals surface area contributed by atoms with Crippen LogP contribution in [0.3, 0.4) is 0 Å². The molecule has 0 saturated heterocycles. The van der Waals surface area contributed by atoms with E-state index in [0.29, 0.717) is 10.7 Å². The number of anilines is 3. The third kappa shape index (κ3) is 3.79. The van der Waals surface area contributed by atoms with Crippen molar-refractivity contribution in [3.63, 3.8) is 0 Å². The summed E-state index contributed by atoms with van der Waals surface area (Å²) in [6.45, 7) is 3.87. The van der Waals surface area contributed by atoms with Crippen LogP contribution in [0.25, 0.3) is 0 Å². The summed E-state index contributed by atoms with van der Waals surface area (Å²) in [5.74, 6) is 0.0150. The molecule has 4 rings (SSSR count). The molecule has 142 valence electrons. The van der Waals surface area contributed by atoms with Crippen LogP contribution in [0, 0.1) is 6.92 Å². The van der Waals surface area contributed by atoms with Crippen molar-refractivity contribution >= 4 is 51.3 Å². The van der Waals surface area contributed by atoms with E-state index >= 15 is 0 Å². The first-order valence-corrected chi connectivity index (χ1v) is 10.6. The van der Waals surface area contributed by atoms with Gasteiger partial charge in [0, 0.05) is 16.9 Å². The maximum absolute atomic E-state index is 12.6. The van der Waals surface area contributed by atoms with Crippen molar-refractivity contribution in [3.05, 3.63) is 59.2 Å². The number of nitrogens with one attached hydrogen (secondary N) is 2. The molecule has 1 aromatic heterocycles. The number of aromatic nitrogens is 2. The lowest BCUT2D eigenvalue weighted by molar-refractivity contribution is -0.116. The fourth-order valence-corrected chi connectivity index (χ4v) is 4.61. The van der Waals surface area contributed by atoms with Gasteiger partial charge >= 0.3 is 0 Å². The molecule has 6 nitrogen and oxygen atoms in total. The van der Waals surface area contributed by atoms with Gasteiger partial charge in [0.05, 0.1) is 11.7 Å². The van der Waals surface area contributed by atoms with Gasteiger partial charge in [0.2, 0.25) is 11.0 Å². The lowest BCUT2D eigenvalue weighted by atomic mass is 9.99. The van der Waals surface area contributed by atoms with Crippen molar-refractivity contribution in [2.45, 2.75) is 24.1 Å². The van der Waals surface area contributed by atoms with Crippen LogP contribution >= 0.6 is 23.1 Å². The second-order valence-corrected chi connectivity index (χ2v) is 8.74. The summed E-state index contributed by atoms with van der Waals surface area (Å²) in [7, 11) is 0. The summed E-state index contributed by atoms with van der Waals surface area (Å²) in [5.41, 5.74) is 4.39. The summed E-state index contributed by atoms with van der Waals surface area (Å²) in [4.78, 5) is 24.3. The predicted molar refractivity (Wildman–Crippen MR) is 113 cm³/mol. The summed E-state index contributed by atoms with van der Waals surface area (Å²) in [6.07, 6.45) is 0. The molecule has 8 heteroatoms. The Morgan fingerprint density at radius 3 is 2.89 bits per heavy atom. The lowest BCUT2D eigenvalue weighted by Gasteiger charge is -2.05. The molecule has 28 heavy (non-hydrogen) atoms. The topological polar surface area (TPSA) is 84.0 Å². The number of para-hydroxylation sites is 1. The van der Waals surface area contributed by atoms with Gasteiger partial charge in [-0.05, 0) is 49.2 Å². The Kier molecular flexibility index (Phi) is 5.15. The van der Waals surface area contributed by atoms with E-state index in [2.05, 4.69) is 20.8 Å². The molecular weight excluding hydrogens is 392 g/mol. The molecule has 0 aliphatic carbocycles. The van der Waals surface area contributed by atoms with E-state index in [0.717, 1.165) is 26.8 Å². The van der Waals surface area contributed by atoms with E-state index < -0.39 is 0 Å². The average molecular weight is 411 g/mol. The highest BCUT2D eigenvalue weighted by atomic mass is 32.2. The molecule has 0 fully saturated rings. The monoisotopic (exact) mass is 410 g/mol. The van der Waals surface area contributed by atoms with Crippen LogP contribution in [-0.2, 0) is 4.79 Å². The Labute approximate surface area is 170 Å². The number of hydrogen-bond donors (Lipinski definition) is 2. The average Bonchev–Trinajstić information content (AvgIpc) is 3.26. The van der Waals surface area contributed by atoms with Gasteiger partial charge in [-0.2, -0.15) is 0 Å². The molecule has 2 heterocycles. The van der Waals surface area contributed by atoms with Crippen LogP contribution in [0.2, 0.25) is 0 Å². The van der Waals surface area contributed by atoms with E-state index in [1.54, 1.807) is 12.1 Å². The second kappa shape index (κ2) is 7.73. The van der Waals surface area contributed by atoms with E-state index in [1.165, 1.54) is 23.1 Å². The molecule has 0 unspecified atom stereocenters. The zero-order valence-electron chi connectivity index (χ0n) is 15.4. The van der Waals surface area contributed by atoms with Gasteiger partial charge in [0.25, 0.3) is 0 Å². The zero-order valence-corrected chi connectivity index (χ0v) is 17.0. The van der Waals surface area contributed by atoms with Crippen molar-refractivity contribution in [2.24, 2.45) is 0 Å². The number of ketones is 1. The molecule has 0 saturated carbocycles. The number of fused-ring (bicyclic) bond motifs is 1. The molecule has 0 radical (unpaired) electrons. The molecule has 0 bridgehead atoms. The van der Waals surface area contributed by atoms with Crippen molar-refractivity contribution in [1.82, 2.24) is 10.2 Å². The van der Waals surface area contributed by atoms with Crippen molar-refractivity contribution in [3.8, 4) is 0 Å². The fourth-order valence-electron chi connectivity index (χ4n) is 2.95. The lowest BCUT2D eigenvalue weighted by Crippen LogP contribution is -2.08. The zero-order chi connectivity index (χ0) is 19.7. The molecule has 1 atom stereocenters. The molecule has 1 amide bonds. The predicted octanol–water partition coefficient (Wildman–Crippen LogP) is 4.62. The highest BCUT2D eigenvalue weighted by Crippen LogP contribution is 2.33. The highest BCUT2D eigenvalue weighted by Gasteiger charge is 2.27. The molecule has 0 spiro atoms. The van der Waals surface area contributed by atoms with E-state index in [1.807, 2.05) is 44.2 Å². The van der Waals surface area contributed by atoms with Crippen LogP contribution in [0.5, 0.6) is 0 Å². The number of benzene rings is 2. The first-order chi connectivity index (χ1) is 13.5. The largest absolute Gasteiger partial charge is 0.330 e. The van der Waals surface area contributed by atoms with Crippen LogP contribution in [0.4, 0.5) is 16.5 Å². The van der Waals surface area contributed by atoms with Gasteiger partial charge in [-0.3, -0.25) is 9.59 Å². The quantitative estimate of drug-likeness (QED) is 0.456. The third-order valence-corrected chi connectivity index (χ3v) is 6.58. The van der Waals surface area contributed by atoms with Crippen LogP contribution in [0.1, 0.15) is 34.3 Å². The smallest absolute Gasteiger partial charge is 0.231 e. The van der Waals surface area contributed by atoms with Gasteiger partial charge in [0.15, 0.2) is 10.1 Å². The van der Waals surface area contributed by atoms with E-state index in [4.69, 9.17) is 0 Å². The minimum atomic E-state index is -0.228. The number of carbonyl (C=O) groups is 2. The number of nitrogens with zero attached hydrogens (tertiary/aromatic N) is 2. The van der Waals surface area contributed by atoms with Gasteiger partial charge in [0.1, 0.15) is 0 Å². The fraction of sp³-hybridized carbons (Fsp3) is 0.200. The van der Waals surface area contributed by atoms with Crippen molar-refractivity contribution in [1.29, 1.82) is 0 Å². The number of amides is 1. The Morgan fingerprint density at radius 1 is 1.25 bits per heavy atom.